The van der Waals surface area contributed by atoms with E-state index in [0.717, 1.165) is 18.0 Å². The highest BCUT2D eigenvalue weighted by atomic mass is 32.2. The molecule has 1 aromatic carbocycles. The smallest absolute Gasteiger partial charge is 0.243 e. The van der Waals surface area contributed by atoms with E-state index in [-0.39, 0.29) is 0 Å². The Kier molecular flexibility index (Phi) is 4.99. The molecule has 0 amide bonds. The van der Waals surface area contributed by atoms with E-state index >= 15 is 0 Å². The lowest BCUT2D eigenvalue weighted by atomic mass is 10.1. The van der Waals surface area contributed by atoms with E-state index in [4.69, 9.17) is 0 Å². The standard InChI is InChI=1S/C16H21N3O2S2/c1-2-3-14-4-6-15(7-5-14)23(20,21)19-11-9-18(10-12-19)16-17-8-13-22-16/h4-8,13H,2-3,9-12H2,1H3. The van der Waals surface area contributed by atoms with Gasteiger partial charge >= 0.3 is 0 Å². The van der Waals surface area contributed by atoms with Crippen molar-refractivity contribution in [2.75, 3.05) is 31.1 Å². The van der Waals surface area contributed by atoms with Gasteiger partial charge in [0.15, 0.2) is 5.13 Å². The number of thiazole rings is 1. The first-order valence-corrected chi connectivity index (χ1v) is 10.2. The number of aryl methyl sites for hydroxylation is 1. The van der Waals surface area contributed by atoms with Crippen LogP contribution >= 0.6 is 11.3 Å². The Labute approximate surface area is 141 Å². The molecule has 2 aromatic rings. The lowest BCUT2D eigenvalue weighted by Crippen LogP contribution is -2.48. The molecule has 0 spiro atoms. The molecule has 1 fully saturated rings. The monoisotopic (exact) mass is 351 g/mol. The molecule has 0 saturated carbocycles. The molecule has 7 heteroatoms. The summed E-state index contributed by atoms with van der Waals surface area (Å²) >= 11 is 1.59. The van der Waals surface area contributed by atoms with Gasteiger partial charge in [0.2, 0.25) is 10.0 Å². The van der Waals surface area contributed by atoms with Crippen molar-refractivity contribution in [3.8, 4) is 0 Å². The van der Waals surface area contributed by atoms with Crippen molar-refractivity contribution in [3.63, 3.8) is 0 Å². The van der Waals surface area contributed by atoms with Crippen LogP contribution in [0.4, 0.5) is 5.13 Å². The van der Waals surface area contributed by atoms with Crippen LogP contribution in [-0.2, 0) is 16.4 Å². The van der Waals surface area contributed by atoms with Crippen LogP contribution in [0.2, 0.25) is 0 Å². The number of hydrogen-bond acceptors (Lipinski definition) is 5. The number of rotatable bonds is 5. The summed E-state index contributed by atoms with van der Waals surface area (Å²) in [6.07, 6.45) is 3.82. The predicted octanol–water partition coefficient (Wildman–Crippen LogP) is 2.61. The fraction of sp³-hybridized carbons (Fsp3) is 0.438. The van der Waals surface area contributed by atoms with Crippen LogP contribution in [0.5, 0.6) is 0 Å². The van der Waals surface area contributed by atoms with Gasteiger partial charge in [0, 0.05) is 37.8 Å². The van der Waals surface area contributed by atoms with E-state index in [9.17, 15) is 8.42 Å². The van der Waals surface area contributed by atoms with Crippen LogP contribution in [0.25, 0.3) is 0 Å². The molecular weight excluding hydrogens is 330 g/mol. The first-order chi connectivity index (χ1) is 11.1. The molecule has 1 aliphatic heterocycles. The molecule has 23 heavy (non-hydrogen) atoms. The van der Waals surface area contributed by atoms with E-state index in [1.165, 1.54) is 5.56 Å². The van der Waals surface area contributed by atoms with Crippen LogP contribution in [0.1, 0.15) is 18.9 Å². The summed E-state index contributed by atoms with van der Waals surface area (Å²) in [5, 5.41) is 2.90. The Balaban J connectivity index is 1.68. The minimum absolute atomic E-state index is 0.389. The highest BCUT2D eigenvalue weighted by Crippen LogP contribution is 2.22. The molecule has 1 aliphatic rings. The van der Waals surface area contributed by atoms with Crippen LogP contribution in [0.3, 0.4) is 0 Å². The lowest BCUT2D eigenvalue weighted by molar-refractivity contribution is 0.384. The summed E-state index contributed by atoms with van der Waals surface area (Å²) in [4.78, 5) is 6.82. The summed E-state index contributed by atoms with van der Waals surface area (Å²) in [6.45, 7) is 4.48. The molecule has 0 aliphatic carbocycles. The Morgan fingerprint density at radius 2 is 1.83 bits per heavy atom. The first kappa shape index (κ1) is 16.4. The van der Waals surface area contributed by atoms with Gasteiger partial charge in [-0.1, -0.05) is 25.5 Å². The van der Waals surface area contributed by atoms with Crippen LogP contribution in [-0.4, -0.2) is 43.9 Å². The topological polar surface area (TPSA) is 53.5 Å². The number of hydrogen-bond donors (Lipinski definition) is 0. The molecule has 0 atom stereocenters. The maximum Gasteiger partial charge on any atom is 0.243 e. The maximum absolute atomic E-state index is 12.7. The van der Waals surface area contributed by atoms with E-state index in [1.54, 1.807) is 34.0 Å². The summed E-state index contributed by atoms with van der Waals surface area (Å²) in [6, 6.07) is 7.30. The third-order valence-electron chi connectivity index (χ3n) is 4.03. The lowest BCUT2D eigenvalue weighted by Gasteiger charge is -2.33. The van der Waals surface area contributed by atoms with Crippen LogP contribution < -0.4 is 4.90 Å². The Morgan fingerprint density at radius 1 is 1.13 bits per heavy atom. The van der Waals surface area contributed by atoms with Crippen molar-refractivity contribution < 1.29 is 8.42 Å². The Bertz CT molecular complexity index is 719. The molecule has 1 saturated heterocycles. The zero-order valence-electron chi connectivity index (χ0n) is 13.2. The summed E-state index contributed by atoms with van der Waals surface area (Å²) in [5.41, 5.74) is 1.18. The van der Waals surface area contributed by atoms with Crippen LogP contribution in [0, 0.1) is 0 Å². The minimum atomic E-state index is -3.40. The average molecular weight is 351 g/mol. The quantitative estimate of drug-likeness (QED) is 0.831. The third-order valence-corrected chi connectivity index (χ3v) is 6.77. The number of sulfonamides is 1. The van der Waals surface area contributed by atoms with E-state index < -0.39 is 10.0 Å². The SMILES string of the molecule is CCCc1ccc(S(=O)(=O)N2CCN(c3nccs3)CC2)cc1. The fourth-order valence-corrected chi connectivity index (χ4v) is 4.88. The van der Waals surface area contributed by atoms with Crippen molar-refractivity contribution in [2.24, 2.45) is 0 Å². The zero-order valence-corrected chi connectivity index (χ0v) is 14.8. The van der Waals surface area contributed by atoms with Gasteiger partial charge in [0.05, 0.1) is 4.90 Å². The predicted molar refractivity (Wildman–Crippen MR) is 93.5 cm³/mol. The third kappa shape index (κ3) is 3.57. The highest BCUT2D eigenvalue weighted by molar-refractivity contribution is 7.89. The van der Waals surface area contributed by atoms with Gasteiger partial charge in [0.1, 0.15) is 0 Å². The van der Waals surface area contributed by atoms with Gasteiger partial charge in [-0.15, -0.1) is 11.3 Å². The normalized spacial score (nSPS) is 16.7. The fourth-order valence-electron chi connectivity index (χ4n) is 2.76. The summed E-state index contributed by atoms with van der Waals surface area (Å²) in [5.74, 6) is 0. The summed E-state index contributed by atoms with van der Waals surface area (Å²) < 4.78 is 27.1. The van der Waals surface area contributed by atoms with Crippen molar-refractivity contribution in [1.82, 2.24) is 9.29 Å². The van der Waals surface area contributed by atoms with E-state index in [1.807, 2.05) is 17.5 Å². The molecule has 0 bridgehead atoms. The molecule has 2 heterocycles. The number of aromatic nitrogens is 1. The maximum atomic E-state index is 12.7. The van der Waals surface area contributed by atoms with E-state index in [2.05, 4.69) is 16.8 Å². The van der Waals surface area contributed by atoms with Gasteiger partial charge in [-0.2, -0.15) is 4.31 Å². The second kappa shape index (κ2) is 6.98. The molecule has 0 unspecified atom stereocenters. The number of nitrogens with zero attached hydrogens (tertiary/aromatic N) is 3. The largest absolute Gasteiger partial charge is 0.345 e. The van der Waals surface area contributed by atoms with Crippen molar-refractivity contribution in [2.45, 2.75) is 24.7 Å². The molecular formula is C16H21N3O2S2. The highest BCUT2D eigenvalue weighted by Gasteiger charge is 2.29. The van der Waals surface area contributed by atoms with Crippen molar-refractivity contribution in [3.05, 3.63) is 41.4 Å². The Hall–Kier alpha value is -1.44. The zero-order chi connectivity index (χ0) is 16.3. The second-order valence-corrected chi connectivity index (χ2v) is 8.41. The van der Waals surface area contributed by atoms with Gasteiger partial charge in [0.25, 0.3) is 0 Å². The average Bonchev–Trinajstić information content (AvgIpc) is 3.10. The summed E-state index contributed by atoms with van der Waals surface area (Å²) in [7, 11) is -3.40. The van der Waals surface area contributed by atoms with Gasteiger partial charge < -0.3 is 4.90 Å². The van der Waals surface area contributed by atoms with Crippen LogP contribution in [0.15, 0.2) is 40.7 Å². The number of anilines is 1. The van der Waals surface area contributed by atoms with E-state index in [0.29, 0.717) is 31.1 Å². The number of piperazine rings is 1. The van der Waals surface area contributed by atoms with Crippen molar-refractivity contribution >= 4 is 26.5 Å². The molecule has 0 radical (unpaired) electrons. The molecule has 1 aromatic heterocycles. The van der Waals surface area contributed by atoms with Gasteiger partial charge in [-0.3, -0.25) is 0 Å². The van der Waals surface area contributed by atoms with Gasteiger partial charge in [-0.05, 0) is 24.1 Å². The minimum Gasteiger partial charge on any atom is -0.345 e. The number of benzene rings is 1. The molecule has 124 valence electrons. The molecule has 0 N–H and O–H groups in total. The molecule has 3 rings (SSSR count). The van der Waals surface area contributed by atoms with Gasteiger partial charge in [-0.25, -0.2) is 13.4 Å². The second-order valence-electron chi connectivity index (χ2n) is 5.60. The first-order valence-electron chi connectivity index (χ1n) is 7.85. The Morgan fingerprint density at radius 3 is 2.39 bits per heavy atom. The molecule has 5 nitrogen and oxygen atoms in total. The van der Waals surface area contributed by atoms with Crippen molar-refractivity contribution in [1.29, 1.82) is 0 Å².